The van der Waals surface area contributed by atoms with Crippen LogP contribution in [0.5, 0.6) is 0 Å². The minimum Gasteiger partial charge on any atom is -0.351 e. The lowest BCUT2D eigenvalue weighted by atomic mass is 9.94. The van der Waals surface area contributed by atoms with Gasteiger partial charge in [0.2, 0.25) is 0 Å². The molecule has 0 amide bonds. The first-order chi connectivity index (χ1) is 14.7. The molecule has 0 saturated carbocycles. The molecular formula is C26H21N3O. The van der Waals surface area contributed by atoms with E-state index >= 15 is 0 Å². The highest BCUT2D eigenvalue weighted by atomic mass is 16.1. The number of aromatic amines is 1. The van der Waals surface area contributed by atoms with Crippen molar-refractivity contribution in [2.24, 2.45) is 0 Å². The molecule has 3 aromatic carbocycles. The summed E-state index contributed by atoms with van der Waals surface area (Å²) in [5.41, 5.74) is 5.40. The van der Waals surface area contributed by atoms with Gasteiger partial charge in [-0.2, -0.15) is 0 Å². The van der Waals surface area contributed by atoms with Crippen molar-refractivity contribution >= 4 is 16.6 Å². The molecule has 0 atom stereocenters. The van der Waals surface area contributed by atoms with E-state index in [9.17, 15) is 4.79 Å². The number of hydrogen-bond donors (Lipinski definition) is 1. The monoisotopic (exact) mass is 391 g/mol. The van der Waals surface area contributed by atoms with E-state index in [4.69, 9.17) is 0 Å². The predicted octanol–water partition coefficient (Wildman–Crippen LogP) is 5.62. The number of carbonyl (C=O) groups excluding carboxylic acids is 1. The number of aryl methyl sites for hydroxylation is 1. The number of aromatic nitrogens is 3. The molecule has 0 radical (unpaired) electrons. The molecule has 0 saturated heterocycles. The Morgan fingerprint density at radius 2 is 1.80 bits per heavy atom. The van der Waals surface area contributed by atoms with Crippen molar-refractivity contribution < 1.29 is 4.79 Å². The van der Waals surface area contributed by atoms with Gasteiger partial charge in [0, 0.05) is 35.3 Å². The lowest BCUT2D eigenvalue weighted by molar-refractivity contribution is 0.103. The summed E-state index contributed by atoms with van der Waals surface area (Å²) in [6.07, 6.45) is 7.54. The maximum Gasteiger partial charge on any atom is 0.195 e. The van der Waals surface area contributed by atoms with Crippen LogP contribution in [-0.4, -0.2) is 20.3 Å². The molecule has 0 aliphatic rings. The van der Waals surface area contributed by atoms with Gasteiger partial charge < -0.3 is 9.55 Å². The molecule has 5 aromatic rings. The summed E-state index contributed by atoms with van der Waals surface area (Å²) in [6.45, 7) is 2.60. The second-order valence-electron chi connectivity index (χ2n) is 7.54. The van der Waals surface area contributed by atoms with Gasteiger partial charge in [0.25, 0.3) is 0 Å². The Morgan fingerprint density at radius 1 is 0.967 bits per heavy atom. The fourth-order valence-electron chi connectivity index (χ4n) is 3.96. The van der Waals surface area contributed by atoms with Gasteiger partial charge in [-0.15, -0.1) is 0 Å². The molecule has 0 unspecified atom stereocenters. The lowest BCUT2D eigenvalue weighted by Gasteiger charge is -2.08. The molecule has 2 aromatic heterocycles. The number of nitrogens with zero attached hydrogens (tertiary/aromatic N) is 2. The normalized spacial score (nSPS) is 11.1. The van der Waals surface area contributed by atoms with Gasteiger partial charge in [-0.05, 0) is 29.3 Å². The molecule has 4 nitrogen and oxygen atoms in total. The van der Waals surface area contributed by atoms with Gasteiger partial charge >= 0.3 is 0 Å². The van der Waals surface area contributed by atoms with Gasteiger partial charge in [0.15, 0.2) is 5.78 Å². The van der Waals surface area contributed by atoms with Crippen molar-refractivity contribution in [2.45, 2.75) is 13.5 Å². The molecule has 1 N–H and O–H groups in total. The van der Waals surface area contributed by atoms with Crippen LogP contribution in [0.2, 0.25) is 0 Å². The maximum atomic E-state index is 13.5. The number of H-pyrrole nitrogens is 1. The summed E-state index contributed by atoms with van der Waals surface area (Å²) in [5, 5.41) is 2.29. The van der Waals surface area contributed by atoms with E-state index in [1.165, 1.54) is 0 Å². The smallest absolute Gasteiger partial charge is 0.195 e. The number of benzene rings is 3. The quantitative estimate of drug-likeness (QED) is 0.395. The minimum atomic E-state index is 0.0300. The molecule has 30 heavy (non-hydrogen) atoms. The van der Waals surface area contributed by atoms with Crippen LogP contribution in [-0.2, 0) is 6.54 Å². The third-order valence-corrected chi connectivity index (χ3v) is 5.38. The number of carbonyl (C=O) groups is 1. The first kappa shape index (κ1) is 18.1. The van der Waals surface area contributed by atoms with Crippen LogP contribution in [0.3, 0.4) is 0 Å². The summed E-state index contributed by atoms with van der Waals surface area (Å²) in [5.74, 6) is 0.0300. The van der Waals surface area contributed by atoms with Crippen molar-refractivity contribution in [2.75, 3.05) is 0 Å². The SMILES string of the molecule is Cc1cccc(C(=O)c2cn(Cc3c[nH]cn3)cc2-c2cccc3ccccc23)c1. The molecule has 146 valence electrons. The average Bonchev–Trinajstić information content (AvgIpc) is 3.43. The molecule has 0 bridgehead atoms. The molecular weight excluding hydrogens is 370 g/mol. The van der Waals surface area contributed by atoms with E-state index in [1.807, 2.05) is 66.3 Å². The zero-order valence-corrected chi connectivity index (χ0v) is 16.7. The summed E-state index contributed by atoms with van der Waals surface area (Å²) in [7, 11) is 0. The Hall–Kier alpha value is -3.92. The zero-order valence-electron chi connectivity index (χ0n) is 16.7. The first-order valence-corrected chi connectivity index (χ1v) is 9.96. The molecule has 0 aliphatic heterocycles. The Morgan fingerprint density at radius 3 is 2.63 bits per heavy atom. The molecule has 0 fully saturated rings. The van der Waals surface area contributed by atoms with E-state index in [2.05, 4.69) is 40.4 Å². The zero-order chi connectivity index (χ0) is 20.5. The van der Waals surface area contributed by atoms with Crippen LogP contribution in [0.1, 0.15) is 27.2 Å². The second-order valence-corrected chi connectivity index (χ2v) is 7.54. The van der Waals surface area contributed by atoms with Gasteiger partial charge in [0.05, 0.1) is 18.6 Å². The first-order valence-electron chi connectivity index (χ1n) is 9.96. The minimum absolute atomic E-state index is 0.0300. The third kappa shape index (κ3) is 3.33. The van der Waals surface area contributed by atoms with Gasteiger partial charge in [0.1, 0.15) is 0 Å². The van der Waals surface area contributed by atoms with E-state index in [0.29, 0.717) is 17.7 Å². The molecule has 0 aliphatic carbocycles. The van der Waals surface area contributed by atoms with Crippen LogP contribution in [0.25, 0.3) is 21.9 Å². The second kappa shape index (κ2) is 7.48. The molecule has 0 spiro atoms. The van der Waals surface area contributed by atoms with E-state index in [1.54, 1.807) is 6.33 Å². The fraction of sp³-hybridized carbons (Fsp3) is 0.0769. The van der Waals surface area contributed by atoms with Crippen molar-refractivity contribution in [3.8, 4) is 11.1 Å². The maximum absolute atomic E-state index is 13.5. The number of ketones is 1. The topological polar surface area (TPSA) is 50.7 Å². The molecule has 5 rings (SSSR count). The summed E-state index contributed by atoms with van der Waals surface area (Å²) in [4.78, 5) is 20.8. The highest BCUT2D eigenvalue weighted by Gasteiger charge is 2.19. The van der Waals surface area contributed by atoms with Crippen molar-refractivity contribution in [1.29, 1.82) is 0 Å². The number of hydrogen-bond acceptors (Lipinski definition) is 2. The highest BCUT2D eigenvalue weighted by Crippen LogP contribution is 2.33. The third-order valence-electron chi connectivity index (χ3n) is 5.38. The van der Waals surface area contributed by atoms with Crippen LogP contribution in [0.15, 0.2) is 91.6 Å². The summed E-state index contributed by atoms with van der Waals surface area (Å²) < 4.78 is 2.04. The number of rotatable bonds is 5. The van der Waals surface area contributed by atoms with Crippen LogP contribution in [0.4, 0.5) is 0 Å². The van der Waals surface area contributed by atoms with Crippen LogP contribution in [0, 0.1) is 6.92 Å². The fourth-order valence-corrected chi connectivity index (χ4v) is 3.96. The Kier molecular flexibility index (Phi) is 4.52. The van der Waals surface area contributed by atoms with Crippen molar-refractivity contribution in [1.82, 2.24) is 14.5 Å². The number of fused-ring (bicyclic) bond motifs is 1. The van der Waals surface area contributed by atoms with E-state index in [0.717, 1.165) is 33.2 Å². The lowest BCUT2D eigenvalue weighted by Crippen LogP contribution is -2.02. The van der Waals surface area contributed by atoms with E-state index in [-0.39, 0.29) is 5.78 Å². The van der Waals surface area contributed by atoms with Crippen LogP contribution >= 0.6 is 0 Å². The van der Waals surface area contributed by atoms with Gasteiger partial charge in [-0.3, -0.25) is 4.79 Å². The van der Waals surface area contributed by atoms with Gasteiger partial charge in [-0.1, -0.05) is 66.2 Å². The summed E-state index contributed by atoms with van der Waals surface area (Å²) >= 11 is 0. The van der Waals surface area contributed by atoms with E-state index < -0.39 is 0 Å². The highest BCUT2D eigenvalue weighted by molar-refractivity contribution is 6.14. The summed E-state index contributed by atoms with van der Waals surface area (Å²) in [6, 6.07) is 22.3. The van der Waals surface area contributed by atoms with Crippen molar-refractivity contribution in [3.05, 3.63) is 114 Å². The largest absolute Gasteiger partial charge is 0.351 e. The Labute approximate surface area is 174 Å². The van der Waals surface area contributed by atoms with Gasteiger partial charge in [-0.25, -0.2) is 4.98 Å². The Balaban J connectivity index is 1.68. The Bertz CT molecular complexity index is 1340. The average molecular weight is 391 g/mol. The standard InChI is InChI=1S/C26H21N3O/c1-18-6-4-9-20(12-18)26(30)25-16-29(14-21-13-27-17-28-21)15-24(25)23-11-5-8-19-7-2-3-10-22(19)23/h2-13,15-17H,14H2,1H3,(H,27,28). The molecule has 2 heterocycles. The van der Waals surface area contributed by atoms with Crippen molar-refractivity contribution in [3.63, 3.8) is 0 Å². The number of imidazole rings is 1. The predicted molar refractivity (Wildman–Crippen MR) is 120 cm³/mol. The van der Waals surface area contributed by atoms with Crippen LogP contribution < -0.4 is 0 Å². The molecule has 4 heteroatoms. The number of nitrogens with one attached hydrogen (secondary N) is 1.